The van der Waals surface area contributed by atoms with E-state index in [-0.39, 0.29) is 0 Å². The van der Waals surface area contributed by atoms with Crippen LogP contribution in [0, 0.1) is 0 Å². The molecule has 0 aliphatic rings. The molecule has 0 atom stereocenters. The van der Waals surface area contributed by atoms with Crippen molar-refractivity contribution < 1.29 is 42.7 Å². The lowest BCUT2D eigenvalue weighted by molar-refractivity contribution is -0.0205. The molecule has 1 N–H and O–H groups in total. The van der Waals surface area contributed by atoms with Gasteiger partial charge in [0.25, 0.3) is 0 Å². The van der Waals surface area contributed by atoms with Crippen molar-refractivity contribution in [2.24, 2.45) is 0 Å². The fourth-order valence-corrected chi connectivity index (χ4v) is 2.21. The van der Waals surface area contributed by atoms with Crippen LogP contribution in [-0.2, 0) is 37.9 Å². The standard InChI is InChI=1S/C23H47NO9/c1-5-6-8-26-10-12-28-14-16-30-18-20-32-21-19-31-17-15-29-13-11-27-9-7-24-22(25)33-23(2,3)4/h5-21H2,1-4H3,(H,24,25). The molecule has 0 aliphatic heterocycles. The number of unbranched alkanes of at least 4 members (excludes halogenated alkanes) is 1. The monoisotopic (exact) mass is 481 g/mol. The van der Waals surface area contributed by atoms with Crippen molar-refractivity contribution in [1.29, 1.82) is 0 Å². The molecule has 10 heteroatoms. The second-order valence-electron chi connectivity index (χ2n) is 8.07. The summed E-state index contributed by atoms with van der Waals surface area (Å²) < 4.78 is 43.0. The quantitative estimate of drug-likeness (QED) is 0.208. The van der Waals surface area contributed by atoms with E-state index < -0.39 is 11.7 Å². The van der Waals surface area contributed by atoms with Crippen LogP contribution in [-0.4, -0.2) is 111 Å². The number of amides is 1. The maximum Gasteiger partial charge on any atom is 0.407 e. The summed E-state index contributed by atoms with van der Waals surface area (Å²) in [4.78, 5) is 11.4. The van der Waals surface area contributed by atoms with Gasteiger partial charge in [0.15, 0.2) is 0 Å². The van der Waals surface area contributed by atoms with E-state index in [1.165, 1.54) is 0 Å². The van der Waals surface area contributed by atoms with Crippen LogP contribution in [0.1, 0.15) is 40.5 Å². The maximum atomic E-state index is 11.4. The fraction of sp³-hybridized carbons (Fsp3) is 0.957. The summed E-state index contributed by atoms with van der Waals surface area (Å²) in [5.74, 6) is 0. The van der Waals surface area contributed by atoms with Crippen molar-refractivity contribution in [1.82, 2.24) is 5.32 Å². The van der Waals surface area contributed by atoms with Gasteiger partial charge in [0, 0.05) is 13.2 Å². The number of hydrogen-bond acceptors (Lipinski definition) is 9. The van der Waals surface area contributed by atoms with E-state index >= 15 is 0 Å². The van der Waals surface area contributed by atoms with Crippen LogP contribution in [0.15, 0.2) is 0 Å². The summed E-state index contributed by atoms with van der Waals surface area (Å²) in [6, 6.07) is 0. The van der Waals surface area contributed by atoms with Gasteiger partial charge in [-0.05, 0) is 27.2 Å². The highest BCUT2D eigenvalue weighted by atomic mass is 16.6. The zero-order valence-electron chi connectivity index (χ0n) is 21.2. The molecule has 0 aromatic heterocycles. The summed E-state index contributed by atoms with van der Waals surface area (Å²) in [5.41, 5.74) is -0.500. The van der Waals surface area contributed by atoms with E-state index in [0.717, 1.165) is 19.4 Å². The van der Waals surface area contributed by atoms with Crippen LogP contribution in [0.4, 0.5) is 4.79 Å². The Morgan fingerprint density at radius 2 is 0.909 bits per heavy atom. The highest BCUT2D eigenvalue weighted by molar-refractivity contribution is 5.67. The largest absolute Gasteiger partial charge is 0.444 e. The predicted molar refractivity (Wildman–Crippen MR) is 125 cm³/mol. The molecule has 0 aliphatic carbocycles. The average molecular weight is 482 g/mol. The first kappa shape index (κ1) is 32.0. The molecule has 0 unspecified atom stereocenters. The van der Waals surface area contributed by atoms with Gasteiger partial charge in [-0.3, -0.25) is 0 Å². The molecular formula is C23H47NO9. The van der Waals surface area contributed by atoms with Crippen LogP contribution in [0.3, 0.4) is 0 Å². The zero-order chi connectivity index (χ0) is 24.5. The molecule has 0 heterocycles. The Morgan fingerprint density at radius 3 is 1.24 bits per heavy atom. The molecular weight excluding hydrogens is 434 g/mol. The van der Waals surface area contributed by atoms with E-state index in [1.807, 2.05) is 20.8 Å². The van der Waals surface area contributed by atoms with Crippen molar-refractivity contribution >= 4 is 6.09 Å². The topological polar surface area (TPSA) is 103 Å². The summed E-state index contributed by atoms with van der Waals surface area (Å²) in [6.45, 7) is 15.6. The summed E-state index contributed by atoms with van der Waals surface area (Å²) in [6.07, 6.45) is 1.80. The summed E-state index contributed by atoms with van der Waals surface area (Å²) >= 11 is 0. The van der Waals surface area contributed by atoms with Crippen molar-refractivity contribution in [2.45, 2.75) is 46.1 Å². The van der Waals surface area contributed by atoms with Crippen molar-refractivity contribution in [3.05, 3.63) is 0 Å². The minimum Gasteiger partial charge on any atom is -0.444 e. The number of carbonyl (C=O) groups is 1. The number of alkyl carbamates (subject to hydrolysis) is 1. The van der Waals surface area contributed by atoms with Gasteiger partial charge in [-0.15, -0.1) is 0 Å². The second-order valence-corrected chi connectivity index (χ2v) is 8.07. The Kier molecular flexibility index (Phi) is 23.4. The van der Waals surface area contributed by atoms with Gasteiger partial charge in [-0.25, -0.2) is 4.79 Å². The van der Waals surface area contributed by atoms with Gasteiger partial charge in [-0.1, -0.05) is 13.3 Å². The molecule has 0 aromatic carbocycles. The Balaban J connectivity index is 3.10. The molecule has 198 valence electrons. The Hall–Kier alpha value is -1.01. The lowest BCUT2D eigenvalue weighted by Gasteiger charge is -2.19. The average Bonchev–Trinajstić information content (AvgIpc) is 2.75. The number of hydrogen-bond donors (Lipinski definition) is 1. The fourth-order valence-electron chi connectivity index (χ4n) is 2.21. The number of rotatable bonds is 24. The van der Waals surface area contributed by atoms with Crippen LogP contribution >= 0.6 is 0 Å². The lowest BCUT2D eigenvalue weighted by atomic mass is 10.2. The van der Waals surface area contributed by atoms with E-state index in [1.54, 1.807) is 0 Å². The highest BCUT2D eigenvalue weighted by Gasteiger charge is 2.15. The molecule has 0 saturated heterocycles. The second kappa shape index (κ2) is 24.1. The van der Waals surface area contributed by atoms with Gasteiger partial charge in [0.1, 0.15) is 5.60 Å². The maximum absolute atomic E-state index is 11.4. The third-order valence-corrected chi connectivity index (χ3v) is 3.79. The number of ether oxygens (including phenoxy) is 8. The Labute approximate surface area is 199 Å². The zero-order valence-corrected chi connectivity index (χ0v) is 21.2. The highest BCUT2D eigenvalue weighted by Crippen LogP contribution is 2.06. The SMILES string of the molecule is CCCCOCCOCCOCCOCCOCCOCCOCCNC(=O)OC(C)(C)C. The van der Waals surface area contributed by atoms with Crippen molar-refractivity contribution in [2.75, 3.05) is 99.0 Å². The van der Waals surface area contributed by atoms with Gasteiger partial charge >= 0.3 is 6.09 Å². The third kappa shape index (κ3) is 29.0. The smallest absolute Gasteiger partial charge is 0.407 e. The van der Waals surface area contributed by atoms with Gasteiger partial charge in [-0.2, -0.15) is 0 Å². The van der Waals surface area contributed by atoms with E-state index in [2.05, 4.69) is 12.2 Å². The van der Waals surface area contributed by atoms with E-state index in [9.17, 15) is 4.79 Å². The minimum absolute atomic E-state index is 0.394. The predicted octanol–water partition coefficient (Wildman–Crippen LogP) is 2.43. The summed E-state index contributed by atoms with van der Waals surface area (Å²) in [7, 11) is 0. The third-order valence-electron chi connectivity index (χ3n) is 3.79. The molecule has 0 radical (unpaired) electrons. The minimum atomic E-state index is -0.500. The number of carbonyl (C=O) groups excluding carboxylic acids is 1. The molecule has 0 saturated carbocycles. The molecule has 0 aromatic rings. The van der Waals surface area contributed by atoms with Crippen molar-refractivity contribution in [3.63, 3.8) is 0 Å². The first-order valence-corrected chi connectivity index (χ1v) is 12.0. The molecule has 1 amide bonds. The molecule has 10 nitrogen and oxygen atoms in total. The van der Waals surface area contributed by atoms with Gasteiger partial charge in [0.05, 0.1) is 85.9 Å². The first-order valence-electron chi connectivity index (χ1n) is 12.0. The lowest BCUT2D eigenvalue weighted by Crippen LogP contribution is -2.34. The molecule has 33 heavy (non-hydrogen) atoms. The van der Waals surface area contributed by atoms with Gasteiger partial charge in [0.2, 0.25) is 0 Å². The van der Waals surface area contributed by atoms with Gasteiger partial charge < -0.3 is 43.2 Å². The molecule has 0 rings (SSSR count). The van der Waals surface area contributed by atoms with E-state index in [4.69, 9.17) is 37.9 Å². The first-order chi connectivity index (χ1) is 16.0. The van der Waals surface area contributed by atoms with Crippen LogP contribution in [0.2, 0.25) is 0 Å². The Morgan fingerprint density at radius 1 is 0.576 bits per heavy atom. The number of nitrogens with one attached hydrogen (secondary N) is 1. The van der Waals surface area contributed by atoms with E-state index in [0.29, 0.717) is 92.4 Å². The molecule has 0 fully saturated rings. The van der Waals surface area contributed by atoms with Crippen molar-refractivity contribution in [3.8, 4) is 0 Å². The molecule has 0 bridgehead atoms. The summed E-state index contributed by atoms with van der Waals surface area (Å²) in [5, 5.41) is 2.63. The Bertz CT molecular complexity index is 419. The van der Waals surface area contributed by atoms with Crippen LogP contribution in [0.25, 0.3) is 0 Å². The van der Waals surface area contributed by atoms with Crippen LogP contribution in [0.5, 0.6) is 0 Å². The van der Waals surface area contributed by atoms with Crippen LogP contribution < -0.4 is 5.32 Å². The normalized spacial score (nSPS) is 11.6. The molecule has 0 spiro atoms.